The summed E-state index contributed by atoms with van der Waals surface area (Å²) in [6, 6.07) is -0.0757. The Morgan fingerprint density at radius 1 is 1.40 bits per heavy atom. The molecule has 2 fully saturated rings. The van der Waals surface area contributed by atoms with Gasteiger partial charge in [0.05, 0.1) is 24.4 Å². The number of aromatic nitrogens is 3. The van der Waals surface area contributed by atoms with E-state index < -0.39 is 0 Å². The second-order valence-electron chi connectivity index (χ2n) is 7.65. The Kier molecular flexibility index (Phi) is 6.06. The quantitative estimate of drug-likeness (QED) is 0.780. The highest BCUT2D eigenvalue weighted by molar-refractivity contribution is 5.79. The minimum atomic E-state index is -0.315. The van der Waals surface area contributed by atoms with E-state index in [1.807, 2.05) is 10.9 Å². The van der Waals surface area contributed by atoms with E-state index in [-0.39, 0.29) is 36.7 Å². The van der Waals surface area contributed by atoms with E-state index in [1.165, 1.54) is 0 Å². The number of amides is 1. The molecule has 2 aliphatic rings. The Labute approximate surface area is 149 Å². The van der Waals surface area contributed by atoms with Gasteiger partial charge in [-0.15, -0.1) is 5.10 Å². The largest absolute Gasteiger partial charge is 0.394 e. The van der Waals surface area contributed by atoms with E-state index >= 15 is 0 Å². The number of aliphatic hydroxyl groups excluding tert-OH is 1. The third-order valence-corrected chi connectivity index (χ3v) is 5.43. The van der Waals surface area contributed by atoms with E-state index in [9.17, 15) is 9.90 Å². The molecule has 3 atom stereocenters. The lowest BCUT2D eigenvalue weighted by Crippen LogP contribution is -2.52. The van der Waals surface area contributed by atoms with Gasteiger partial charge in [0.1, 0.15) is 6.10 Å². The molecule has 3 rings (SSSR count). The molecule has 140 valence electrons. The standard InChI is InChI=1S/C18H30N4O3/c1-12(2)16-10-22(21-20-16)9-8-14-6-7-15(17(11-23)25-14)19-18(24)13-4-3-5-13/h10,12-15,17,23H,3-9,11H2,1-2H3,(H,19,24)/t14-,15+,17+/m1/s1. The fourth-order valence-corrected chi connectivity index (χ4v) is 3.44. The van der Waals surface area contributed by atoms with Crippen LogP contribution in [0.25, 0.3) is 0 Å². The fraction of sp³-hybridized carbons (Fsp3) is 0.833. The minimum absolute atomic E-state index is 0.0626. The molecule has 1 amide bonds. The predicted molar refractivity (Wildman–Crippen MR) is 93.0 cm³/mol. The van der Waals surface area contributed by atoms with E-state index in [4.69, 9.17) is 4.74 Å². The van der Waals surface area contributed by atoms with Crippen LogP contribution in [-0.2, 0) is 16.1 Å². The zero-order valence-corrected chi connectivity index (χ0v) is 15.2. The second-order valence-corrected chi connectivity index (χ2v) is 7.65. The van der Waals surface area contributed by atoms with Crippen LogP contribution in [0.3, 0.4) is 0 Å². The van der Waals surface area contributed by atoms with Crippen LogP contribution in [0.5, 0.6) is 0 Å². The van der Waals surface area contributed by atoms with Gasteiger partial charge in [-0.25, -0.2) is 0 Å². The van der Waals surface area contributed by atoms with E-state index in [0.717, 1.165) is 50.8 Å². The fourth-order valence-electron chi connectivity index (χ4n) is 3.44. The summed E-state index contributed by atoms with van der Waals surface area (Å²) in [7, 11) is 0. The Bertz CT molecular complexity index is 570. The maximum Gasteiger partial charge on any atom is 0.223 e. The Morgan fingerprint density at radius 2 is 2.20 bits per heavy atom. The molecule has 2 N–H and O–H groups in total. The number of hydrogen-bond donors (Lipinski definition) is 2. The highest BCUT2D eigenvalue weighted by Crippen LogP contribution is 2.28. The molecule has 1 aromatic heterocycles. The van der Waals surface area contributed by atoms with Gasteiger partial charge in [0.25, 0.3) is 0 Å². The SMILES string of the molecule is CC(C)c1cn(CC[C@H]2CC[C@H](NC(=O)C3CCC3)[C@H](CO)O2)nn1. The molecule has 0 radical (unpaired) electrons. The van der Waals surface area contributed by atoms with Crippen molar-refractivity contribution >= 4 is 5.91 Å². The number of nitrogens with zero attached hydrogens (tertiary/aromatic N) is 3. The normalized spacial score (nSPS) is 27.3. The Hall–Kier alpha value is -1.47. The van der Waals surface area contributed by atoms with Gasteiger partial charge < -0.3 is 15.2 Å². The van der Waals surface area contributed by atoms with Gasteiger partial charge in [0.2, 0.25) is 5.91 Å². The third kappa shape index (κ3) is 4.58. The first-order valence-electron chi connectivity index (χ1n) is 9.53. The first-order chi connectivity index (χ1) is 12.1. The molecule has 0 spiro atoms. The molecule has 1 saturated heterocycles. The molecule has 0 unspecified atom stereocenters. The molecular weight excluding hydrogens is 320 g/mol. The summed E-state index contributed by atoms with van der Waals surface area (Å²) in [4.78, 5) is 12.1. The first kappa shape index (κ1) is 18.3. The van der Waals surface area contributed by atoms with E-state index in [2.05, 4.69) is 29.5 Å². The molecule has 7 nitrogen and oxygen atoms in total. The third-order valence-electron chi connectivity index (χ3n) is 5.43. The van der Waals surface area contributed by atoms with Gasteiger partial charge in [0.15, 0.2) is 0 Å². The Balaban J connectivity index is 1.46. The van der Waals surface area contributed by atoms with Crippen molar-refractivity contribution in [2.45, 2.75) is 83.1 Å². The van der Waals surface area contributed by atoms with Crippen molar-refractivity contribution in [2.24, 2.45) is 5.92 Å². The topological polar surface area (TPSA) is 89.3 Å². The van der Waals surface area contributed by atoms with Crippen LogP contribution in [0.15, 0.2) is 6.20 Å². The molecule has 1 aromatic rings. The van der Waals surface area contributed by atoms with Crippen LogP contribution in [-0.4, -0.2) is 50.9 Å². The van der Waals surface area contributed by atoms with Crippen molar-refractivity contribution in [3.8, 4) is 0 Å². The monoisotopic (exact) mass is 350 g/mol. The highest BCUT2D eigenvalue weighted by Gasteiger charge is 2.34. The number of hydrogen-bond acceptors (Lipinski definition) is 5. The Morgan fingerprint density at radius 3 is 2.80 bits per heavy atom. The summed E-state index contributed by atoms with van der Waals surface area (Å²) in [6.07, 6.45) is 7.45. The summed E-state index contributed by atoms with van der Waals surface area (Å²) in [6.45, 7) is 4.89. The molecular formula is C18H30N4O3. The maximum absolute atomic E-state index is 12.1. The van der Waals surface area contributed by atoms with Crippen molar-refractivity contribution in [3.63, 3.8) is 0 Å². The lowest BCUT2D eigenvalue weighted by Gasteiger charge is -2.37. The van der Waals surface area contributed by atoms with Crippen molar-refractivity contribution in [2.75, 3.05) is 6.61 Å². The van der Waals surface area contributed by atoms with Crippen molar-refractivity contribution in [1.82, 2.24) is 20.3 Å². The molecule has 0 aromatic carbocycles. The van der Waals surface area contributed by atoms with E-state index in [0.29, 0.717) is 5.92 Å². The molecule has 0 bridgehead atoms. The van der Waals surface area contributed by atoms with Crippen LogP contribution < -0.4 is 5.32 Å². The number of carbonyl (C=O) groups is 1. The lowest BCUT2D eigenvalue weighted by atomic mass is 9.84. The molecule has 1 aliphatic heterocycles. The number of aliphatic hydroxyl groups is 1. The lowest BCUT2D eigenvalue weighted by molar-refractivity contribution is -0.134. The van der Waals surface area contributed by atoms with Gasteiger partial charge >= 0.3 is 0 Å². The zero-order chi connectivity index (χ0) is 17.8. The van der Waals surface area contributed by atoms with Crippen molar-refractivity contribution in [1.29, 1.82) is 0 Å². The number of aryl methyl sites for hydroxylation is 1. The van der Waals surface area contributed by atoms with E-state index in [1.54, 1.807) is 0 Å². The summed E-state index contributed by atoms with van der Waals surface area (Å²) in [5.41, 5.74) is 0.997. The first-order valence-corrected chi connectivity index (χ1v) is 9.53. The molecule has 7 heteroatoms. The van der Waals surface area contributed by atoms with Crippen LogP contribution in [0.2, 0.25) is 0 Å². The van der Waals surface area contributed by atoms with Crippen LogP contribution in [0, 0.1) is 5.92 Å². The summed E-state index contributed by atoms with van der Waals surface area (Å²) in [5.74, 6) is 0.665. The van der Waals surface area contributed by atoms with Crippen LogP contribution in [0.1, 0.15) is 64.0 Å². The molecule has 1 saturated carbocycles. The number of carbonyl (C=O) groups excluding carboxylic acids is 1. The maximum atomic E-state index is 12.1. The smallest absolute Gasteiger partial charge is 0.223 e. The summed E-state index contributed by atoms with van der Waals surface area (Å²) >= 11 is 0. The van der Waals surface area contributed by atoms with Crippen LogP contribution in [0.4, 0.5) is 0 Å². The van der Waals surface area contributed by atoms with Gasteiger partial charge in [0, 0.05) is 18.7 Å². The molecule has 1 aliphatic carbocycles. The summed E-state index contributed by atoms with van der Waals surface area (Å²) in [5, 5.41) is 21.1. The predicted octanol–water partition coefficient (Wildman–Crippen LogP) is 1.62. The van der Waals surface area contributed by atoms with Gasteiger partial charge in [-0.2, -0.15) is 0 Å². The number of rotatable bonds is 7. The van der Waals surface area contributed by atoms with Gasteiger partial charge in [-0.05, 0) is 38.0 Å². The zero-order valence-electron chi connectivity index (χ0n) is 15.2. The average Bonchev–Trinajstić information content (AvgIpc) is 3.01. The van der Waals surface area contributed by atoms with Crippen LogP contribution >= 0.6 is 0 Å². The second kappa shape index (κ2) is 8.27. The summed E-state index contributed by atoms with van der Waals surface area (Å²) < 4.78 is 7.89. The average molecular weight is 350 g/mol. The van der Waals surface area contributed by atoms with Gasteiger partial charge in [-0.1, -0.05) is 25.5 Å². The highest BCUT2D eigenvalue weighted by atomic mass is 16.5. The minimum Gasteiger partial charge on any atom is -0.394 e. The van der Waals surface area contributed by atoms with Gasteiger partial charge in [-0.3, -0.25) is 9.48 Å². The van der Waals surface area contributed by atoms with Crippen molar-refractivity contribution in [3.05, 3.63) is 11.9 Å². The molecule has 2 heterocycles. The van der Waals surface area contributed by atoms with Crippen molar-refractivity contribution < 1.29 is 14.6 Å². The number of nitrogens with one attached hydrogen (secondary N) is 1. The molecule has 25 heavy (non-hydrogen) atoms. The number of ether oxygens (including phenoxy) is 1.